The topological polar surface area (TPSA) is 86.3 Å². The molecule has 1 N–H and O–H groups in total. The number of hydrogen-bond acceptors (Lipinski definition) is 6. The maximum absolute atomic E-state index is 12.7. The van der Waals surface area contributed by atoms with Crippen LogP contribution < -0.4 is 19.5 Å². The number of ether oxygens (including phenoxy) is 4. The first-order chi connectivity index (χ1) is 13.0. The van der Waals surface area contributed by atoms with Crippen molar-refractivity contribution in [3.63, 3.8) is 0 Å². The largest absolute Gasteiger partial charge is 0.493 e. The zero-order valence-electron chi connectivity index (χ0n) is 15.5. The lowest BCUT2D eigenvalue weighted by molar-refractivity contribution is -0.139. The summed E-state index contributed by atoms with van der Waals surface area (Å²) in [5.41, 5.74) is 1.72. The molecule has 4 rings (SSSR count). The Kier molecular flexibility index (Phi) is 4.33. The summed E-state index contributed by atoms with van der Waals surface area (Å²) in [6.45, 7) is 3.90. The van der Waals surface area contributed by atoms with Gasteiger partial charge in [-0.2, -0.15) is 0 Å². The number of carbonyl (C=O) groups is 2. The Bertz CT molecular complexity index is 830. The highest BCUT2D eigenvalue weighted by Gasteiger charge is 2.43. The third-order valence-corrected chi connectivity index (χ3v) is 4.95. The van der Waals surface area contributed by atoms with Crippen LogP contribution in [0, 0.1) is 0 Å². The Hall–Kier alpha value is -2.90. The predicted molar refractivity (Wildman–Crippen MR) is 94.6 cm³/mol. The highest BCUT2D eigenvalue weighted by Crippen LogP contribution is 2.45. The van der Waals surface area contributed by atoms with Gasteiger partial charge in [0.15, 0.2) is 11.5 Å². The van der Waals surface area contributed by atoms with Crippen LogP contribution in [0.3, 0.4) is 0 Å². The number of urea groups is 1. The molecule has 27 heavy (non-hydrogen) atoms. The van der Waals surface area contributed by atoms with Crippen LogP contribution in [-0.4, -0.2) is 43.5 Å². The lowest BCUT2D eigenvalue weighted by Gasteiger charge is -2.35. The van der Waals surface area contributed by atoms with E-state index in [0.29, 0.717) is 34.1 Å². The molecular formula is C19H22N2O6. The van der Waals surface area contributed by atoms with Crippen molar-refractivity contribution in [3.05, 3.63) is 29.0 Å². The summed E-state index contributed by atoms with van der Waals surface area (Å²) in [4.78, 5) is 27.1. The van der Waals surface area contributed by atoms with Gasteiger partial charge in [-0.1, -0.05) is 0 Å². The van der Waals surface area contributed by atoms with Gasteiger partial charge in [0.05, 0.1) is 25.3 Å². The maximum Gasteiger partial charge on any atom is 0.338 e. The van der Waals surface area contributed by atoms with Crippen molar-refractivity contribution in [2.45, 2.75) is 38.8 Å². The number of hydrogen-bond donors (Lipinski definition) is 1. The minimum Gasteiger partial charge on any atom is -0.493 e. The number of fused-ring (bicyclic) bond motifs is 1. The molecule has 8 nitrogen and oxygen atoms in total. The molecule has 1 aromatic rings. The van der Waals surface area contributed by atoms with Crippen molar-refractivity contribution >= 4 is 12.0 Å². The average molecular weight is 374 g/mol. The van der Waals surface area contributed by atoms with E-state index in [1.165, 1.54) is 7.11 Å². The van der Waals surface area contributed by atoms with Crippen LogP contribution >= 0.6 is 0 Å². The average Bonchev–Trinajstić information content (AvgIpc) is 3.35. The molecule has 1 fully saturated rings. The monoisotopic (exact) mass is 374 g/mol. The third-order valence-electron chi connectivity index (χ3n) is 4.95. The molecule has 2 heterocycles. The van der Waals surface area contributed by atoms with Crippen molar-refractivity contribution in [2.75, 3.05) is 20.5 Å². The number of methoxy groups -OCH3 is 1. The molecule has 0 spiro atoms. The smallest absolute Gasteiger partial charge is 0.338 e. The summed E-state index contributed by atoms with van der Waals surface area (Å²) in [6, 6.07) is 2.77. The number of allylic oxidation sites excluding steroid dienone is 1. The van der Waals surface area contributed by atoms with Gasteiger partial charge in [-0.15, -0.1) is 0 Å². The van der Waals surface area contributed by atoms with Gasteiger partial charge >= 0.3 is 12.0 Å². The highest BCUT2D eigenvalue weighted by molar-refractivity contribution is 5.95. The molecule has 1 aromatic carbocycles. The van der Waals surface area contributed by atoms with Gasteiger partial charge in [-0.05, 0) is 44.4 Å². The van der Waals surface area contributed by atoms with Crippen LogP contribution in [0.2, 0.25) is 0 Å². The minimum atomic E-state index is -0.657. The van der Waals surface area contributed by atoms with E-state index in [1.807, 2.05) is 0 Å². The van der Waals surface area contributed by atoms with E-state index >= 15 is 0 Å². The molecule has 0 unspecified atom stereocenters. The second kappa shape index (κ2) is 6.68. The summed E-state index contributed by atoms with van der Waals surface area (Å²) < 4.78 is 21.6. The molecule has 2 aliphatic heterocycles. The number of nitrogens with zero attached hydrogens (tertiary/aromatic N) is 1. The normalized spacial score (nSPS) is 21.2. The summed E-state index contributed by atoms with van der Waals surface area (Å²) in [7, 11) is 1.53. The molecule has 1 atom stereocenters. The quantitative estimate of drug-likeness (QED) is 0.797. The van der Waals surface area contributed by atoms with Crippen molar-refractivity contribution in [3.8, 4) is 17.2 Å². The van der Waals surface area contributed by atoms with Gasteiger partial charge in [0, 0.05) is 11.7 Å². The fraction of sp³-hybridized carbons (Fsp3) is 0.474. The Labute approximate surface area is 157 Å². The van der Waals surface area contributed by atoms with Gasteiger partial charge < -0.3 is 24.3 Å². The van der Waals surface area contributed by atoms with Crippen molar-refractivity contribution in [2.24, 2.45) is 0 Å². The lowest BCUT2D eigenvalue weighted by atomic mass is 9.94. The first-order valence-electron chi connectivity index (χ1n) is 9.00. The van der Waals surface area contributed by atoms with Gasteiger partial charge in [0.25, 0.3) is 0 Å². The van der Waals surface area contributed by atoms with Crippen LogP contribution in [0.4, 0.5) is 4.79 Å². The number of esters is 1. The number of rotatable bonds is 5. The number of benzene rings is 1. The Morgan fingerprint density at radius 3 is 2.78 bits per heavy atom. The van der Waals surface area contributed by atoms with Crippen LogP contribution in [-0.2, 0) is 9.53 Å². The highest BCUT2D eigenvalue weighted by atomic mass is 16.7. The van der Waals surface area contributed by atoms with E-state index in [4.69, 9.17) is 18.9 Å². The van der Waals surface area contributed by atoms with E-state index in [-0.39, 0.29) is 25.5 Å². The first kappa shape index (κ1) is 17.5. The molecular weight excluding hydrogens is 352 g/mol. The van der Waals surface area contributed by atoms with Crippen LogP contribution in [0.5, 0.6) is 17.2 Å². The molecule has 0 bridgehead atoms. The molecule has 0 saturated heterocycles. The molecule has 0 radical (unpaired) electrons. The fourth-order valence-electron chi connectivity index (χ4n) is 3.57. The van der Waals surface area contributed by atoms with Crippen molar-refractivity contribution in [1.82, 2.24) is 10.2 Å². The van der Waals surface area contributed by atoms with E-state index < -0.39 is 12.0 Å². The molecule has 2 amide bonds. The number of amides is 2. The summed E-state index contributed by atoms with van der Waals surface area (Å²) in [6.07, 6.45) is 1.87. The zero-order valence-corrected chi connectivity index (χ0v) is 15.5. The number of nitrogens with one attached hydrogen (secondary N) is 1. The first-order valence-corrected chi connectivity index (χ1v) is 9.00. The predicted octanol–water partition coefficient (Wildman–Crippen LogP) is 2.49. The fourth-order valence-corrected chi connectivity index (χ4v) is 3.57. The van der Waals surface area contributed by atoms with E-state index in [2.05, 4.69) is 5.32 Å². The molecule has 3 aliphatic rings. The van der Waals surface area contributed by atoms with Crippen molar-refractivity contribution in [1.29, 1.82) is 0 Å². The van der Waals surface area contributed by atoms with E-state index in [0.717, 1.165) is 12.8 Å². The summed E-state index contributed by atoms with van der Waals surface area (Å²) >= 11 is 0. The zero-order chi connectivity index (χ0) is 19.1. The Morgan fingerprint density at radius 1 is 1.33 bits per heavy atom. The minimum absolute atomic E-state index is 0.0984. The Morgan fingerprint density at radius 2 is 2.11 bits per heavy atom. The van der Waals surface area contributed by atoms with E-state index in [1.54, 1.807) is 30.9 Å². The van der Waals surface area contributed by atoms with Crippen molar-refractivity contribution < 1.29 is 28.5 Å². The van der Waals surface area contributed by atoms with Gasteiger partial charge in [-0.25, -0.2) is 9.59 Å². The SMILES string of the molecule is CCOC(=O)C1=C(C)N(C2CC2)C(=O)N[C@H]1c1cc(OC)c2c(c1)OCO2. The summed E-state index contributed by atoms with van der Waals surface area (Å²) in [5.74, 6) is 1.08. The van der Waals surface area contributed by atoms with Gasteiger partial charge in [0.2, 0.25) is 12.5 Å². The second-order valence-corrected chi connectivity index (χ2v) is 6.66. The third kappa shape index (κ3) is 2.94. The maximum atomic E-state index is 12.7. The standard InChI is InChI=1S/C19H22N2O6/c1-4-25-18(22)15-10(2)21(12-5-6-12)19(23)20-16(15)11-7-13(24-3)17-14(8-11)26-9-27-17/h7-8,12,16H,4-6,9H2,1-3H3,(H,20,23)/t16-/m0/s1. The van der Waals surface area contributed by atoms with Crippen LogP contribution in [0.25, 0.3) is 0 Å². The Balaban J connectivity index is 1.80. The van der Waals surface area contributed by atoms with Crippen LogP contribution in [0.15, 0.2) is 23.4 Å². The molecule has 1 saturated carbocycles. The molecule has 1 aliphatic carbocycles. The second-order valence-electron chi connectivity index (χ2n) is 6.66. The lowest BCUT2D eigenvalue weighted by Crippen LogP contribution is -2.48. The van der Waals surface area contributed by atoms with Gasteiger partial charge in [-0.3, -0.25) is 4.90 Å². The van der Waals surface area contributed by atoms with Crippen LogP contribution in [0.1, 0.15) is 38.3 Å². The van der Waals surface area contributed by atoms with Gasteiger partial charge in [0.1, 0.15) is 0 Å². The number of carbonyl (C=O) groups excluding carboxylic acids is 2. The molecule has 144 valence electrons. The molecule has 0 aromatic heterocycles. The van der Waals surface area contributed by atoms with E-state index in [9.17, 15) is 9.59 Å². The summed E-state index contributed by atoms with van der Waals surface area (Å²) in [5, 5.41) is 2.94. The molecule has 8 heteroatoms.